The highest BCUT2D eigenvalue weighted by molar-refractivity contribution is 8.14. The number of Topliss-reactive ketones (excluding diaryl/α,β-unsaturated/α-hetero) is 1. The zero-order valence-electron chi connectivity index (χ0n) is 10.1. The van der Waals surface area contributed by atoms with Crippen molar-refractivity contribution in [1.29, 1.82) is 5.26 Å². The van der Waals surface area contributed by atoms with Crippen molar-refractivity contribution < 1.29 is 4.79 Å². The fourth-order valence-electron chi connectivity index (χ4n) is 1.17. The minimum absolute atomic E-state index is 0.0484. The molecule has 0 atom stereocenters. The number of thioether (sulfide) groups is 1. The van der Waals surface area contributed by atoms with E-state index in [1.54, 1.807) is 36.5 Å². The molecule has 19 heavy (non-hydrogen) atoms. The first kappa shape index (κ1) is 15.3. The number of benzene rings is 1. The van der Waals surface area contributed by atoms with Crippen molar-refractivity contribution in [2.75, 3.05) is 12.3 Å². The second-order valence-electron chi connectivity index (χ2n) is 3.39. The van der Waals surface area contributed by atoms with Crippen LogP contribution in [0.3, 0.4) is 0 Å². The van der Waals surface area contributed by atoms with Crippen LogP contribution in [0.2, 0.25) is 5.02 Å². The predicted octanol–water partition coefficient (Wildman–Crippen LogP) is 2.87. The number of nitrogens with zero attached hydrogens (tertiary/aromatic N) is 2. The van der Waals surface area contributed by atoms with Crippen molar-refractivity contribution in [2.45, 2.75) is 0 Å². The van der Waals surface area contributed by atoms with Gasteiger partial charge in [0.15, 0.2) is 17.1 Å². The molecule has 0 unspecified atom stereocenters. The first-order chi connectivity index (χ1) is 9.17. The van der Waals surface area contributed by atoms with Crippen LogP contribution < -0.4 is 5.32 Å². The molecule has 0 aromatic heterocycles. The lowest BCUT2D eigenvalue weighted by molar-refractivity contribution is 0.102. The highest BCUT2D eigenvalue weighted by Gasteiger charge is 2.08. The normalized spacial score (nSPS) is 10.6. The zero-order valence-corrected chi connectivity index (χ0v) is 11.7. The van der Waals surface area contributed by atoms with Gasteiger partial charge in [-0.15, -0.1) is 6.58 Å². The fourth-order valence-corrected chi connectivity index (χ4v) is 2.01. The van der Waals surface area contributed by atoms with Crippen LogP contribution in [0.25, 0.3) is 0 Å². The summed E-state index contributed by atoms with van der Waals surface area (Å²) in [6, 6.07) is 6.67. The molecule has 1 aromatic rings. The van der Waals surface area contributed by atoms with Gasteiger partial charge in [-0.05, 0) is 24.3 Å². The maximum Gasteiger partial charge on any atom is 0.183 e. The summed E-state index contributed by atoms with van der Waals surface area (Å²) >= 11 is 6.93. The SMILES string of the molecule is C=CCN=C(NC#N)SCC(=O)c1ccc(Cl)cc1. The van der Waals surface area contributed by atoms with E-state index in [9.17, 15) is 4.79 Å². The topological polar surface area (TPSA) is 65.2 Å². The second-order valence-corrected chi connectivity index (χ2v) is 4.79. The maximum absolute atomic E-state index is 11.9. The van der Waals surface area contributed by atoms with Crippen molar-refractivity contribution in [3.05, 3.63) is 47.5 Å². The van der Waals surface area contributed by atoms with Crippen LogP contribution in [0.4, 0.5) is 0 Å². The van der Waals surface area contributed by atoms with Crippen LogP contribution in [-0.4, -0.2) is 23.2 Å². The number of nitrogens with one attached hydrogen (secondary N) is 1. The fraction of sp³-hybridized carbons (Fsp3) is 0.154. The molecule has 0 radical (unpaired) electrons. The number of hydrogen-bond donors (Lipinski definition) is 1. The first-order valence-electron chi connectivity index (χ1n) is 5.39. The van der Waals surface area contributed by atoms with Crippen LogP contribution in [0.5, 0.6) is 0 Å². The molecule has 98 valence electrons. The summed E-state index contributed by atoms with van der Waals surface area (Å²) in [6.07, 6.45) is 3.39. The number of nitriles is 1. The molecule has 0 aliphatic heterocycles. The van der Waals surface area contributed by atoms with Gasteiger partial charge in [0.2, 0.25) is 0 Å². The van der Waals surface area contributed by atoms with E-state index in [-0.39, 0.29) is 11.5 Å². The summed E-state index contributed by atoms with van der Waals surface area (Å²) in [5, 5.41) is 12.0. The van der Waals surface area contributed by atoms with Gasteiger partial charge in [0.1, 0.15) is 0 Å². The third kappa shape index (κ3) is 5.60. The average molecular weight is 294 g/mol. The van der Waals surface area contributed by atoms with Gasteiger partial charge in [-0.1, -0.05) is 29.4 Å². The Morgan fingerprint density at radius 2 is 2.21 bits per heavy atom. The quantitative estimate of drug-likeness (QED) is 0.226. The van der Waals surface area contributed by atoms with Crippen molar-refractivity contribution in [2.24, 2.45) is 4.99 Å². The Morgan fingerprint density at radius 1 is 1.53 bits per heavy atom. The minimum Gasteiger partial charge on any atom is -0.293 e. The van der Waals surface area contributed by atoms with Gasteiger partial charge < -0.3 is 0 Å². The predicted molar refractivity (Wildman–Crippen MR) is 79.5 cm³/mol. The van der Waals surface area contributed by atoms with Gasteiger partial charge in [0.25, 0.3) is 0 Å². The van der Waals surface area contributed by atoms with Gasteiger partial charge in [-0.3, -0.25) is 15.1 Å². The minimum atomic E-state index is -0.0484. The van der Waals surface area contributed by atoms with Crippen LogP contribution in [0.1, 0.15) is 10.4 Å². The van der Waals surface area contributed by atoms with E-state index in [1.807, 2.05) is 0 Å². The van der Waals surface area contributed by atoms with Crippen LogP contribution in [0, 0.1) is 11.5 Å². The molecule has 0 saturated heterocycles. The first-order valence-corrected chi connectivity index (χ1v) is 6.75. The highest BCUT2D eigenvalue weighted by atomic mass is 35.5. The Hall–Kier alpha value is -1.77. The smallest absolute Gasteiger partial charge is 0.183 e. The largest absolute Gasteiger partial charge is 0.293 e. The van der Waals surface area contributed by atoms with Crippen molar-refractivity contribution >= 4 is 34.3 Å². The van der Waals surface area contributed by atoms with E-state index < -0.39 is 0 Å². The molecule has 1 N–H and O–H groups in total. The Morgan fingerprint density at radius 3 is 2.79 bits per heavy atom. The molecule has 0 spiro atoms. The molecule has 4 nitrogen and oxygen atoms in total. The Balaban J connectivity index is 2.59. The third-order valence-corrected chi connectivity index (χ3v) is 3.20. The zero-order chi connectivity index (χ0) is 14.1. The van der Waals surface area contributed by atoms with E-state index >= 15 is 0 Å². The summed E-state index contributed by atoms with van der Waals surface area (Å²) in [6.45, 7) is 3.93. The molecule has 1 aromatic carbocycles. The van der Waals surface area contributed by atoms with Crippen molar-refractivity contribution in [3.8, 4) is 6.19 Å². The average Bonchev–Trinajstić information content (AvgIpc) is 2.42. The number of carbonyl (C=O) groups is 1. The van der Waals surface area contributed by atoms with Gasteiger partial charge in [-0.25, -0.2) is 0 Å². The van der Waals surface area contributed by atoms with Crippen LogP contribution in [-0.2, 0) is 0 Å². The second kappa shape index (κ2) is 8.35. The summed E-state index contributed by atoms with van der Waals surface area (Å²) in [5.41, 5.74) is 0.580. The molecule has 0 bridgehead atoms. The van der Waals surface area contributed by atoms with Crippen LogP contribution >= 0.6 is 23.4 Å². The van der Waals surface area contributed by atoms with Crippen LogP contribution in [0.15, 0.2) is 41.9 Å². The lowest BCUT2D eigenvalue weighted by Gasteiger charge is -2.03. The van der Waals surface area contributed by atoms with E-state index in [0.29, 0.717) is 22.3 Å². The van der Waals surface area contributed by atoms with E-state index in [2.05, 4.69) is 16.9 Å². The Kier molecular flexibility index (Phi) is 6.72. The number of aliphatic imine (C=N–C) groups is 1. The van der Waals surface area contributed by atoms with Crippen molar-refractivity contribution in [1.82, 2.24) is 5.32 Å². The number of carbonyl (C=O) groups excluding carboxylic acids is 1. The third-order valence-electron chi connectivity index (χ3n) is 2.03. The summed E-state index contributed by atoms with van der Waals surface area (Å²) in [7, 11) is 0. The number of rotatable bonds is 5. The maximum atomic E-state index is 11.9. The summed E-state index contributed by atoms with van der Waals surface area (Å²) in [5.74, 6) is 0.152. The number of hydrogen-bond acceptors (Lipinski definition) is 4. The molecule has 1 rings (SSSR count). The van der Waals surface area contributed by atoms with Crippen molar-refractivity contribution in [3.63, 3.8) is 0 Å². The molecule has 0 aliphatic rings. The summed E-state index contributed by atoms with van der Waals surface area (Å²) in [4.78, 5) is 16.0. The van der Waals surface area contributed by atoms with Gasteiger partial charge in [0, 0.05) is 10.6 Å². The standard InChI is InChI=1S/C13H12ClN3OS/c1-2-7-16-13(17-9-15)19-8-12(18)10-3-5-11(14)6-4-10/h2-6H,1,7-8H2,(H,16,17). The molecule has 0 aliphatic carbocycles. The van der Waals surface area contributed by atoms with E-state index in [0.717, 1.165) is 0 Å². The van der Waals surface area contributed by atoms with E-state index in [1.165, 1.54) is 11.8 Å². The lowest BCUT2D eigenvalue weighted by Crippen LogP contribution is -2.17. The monoisotopic (exact) mass is 293 g/mol. The molecular formula is C13H12ClN3OS. The lowest BCUT2D eigenvalue weighted by atomic mass is 10.1. The molecular weight excluding hydrogens is 282 g/mol. The van der Waals surface area contributed by atoms with Gasteiger partial charge in [-0.2, -0.15) is 5.26 Å². The highest BCUT2D eigenvalue weighted by Crippen LogP contribution is 2.12. The Labute approximate surface area is 121 Å². The van der Waals surface area contributed by atoms with Gasteiger partial charge >= 0.3 is 0 Å². The van der Waals surface area contributed by atoms with Gasteiger partial charge in [0.05, 0.1) is 12.3 Å². The number of halogens is 1. The molecule has 0 fully saturated rings. The van der Waals surface area contributed by atoms with E-state index in [4.69, 9.17) is 16.9 Å². The molecule has 0 heterocycles. The summed E-state index contributed by atoms with van der Waals surface area (Å²) < 4.78 is 0. The molecule has 6 heteroatoms. The molecule has 0 amide bonds. The Bertz CT molecular complexity index is 520. The number of ketones is 1. The number of amidine groups is 1. The molecule has 0 saturated carbocycles.